The summed E-state index contributed by atoms with van der Waals surface area (Å²) in [6, 6.07) is 4.03. The summed E-state index contributed by atoms with van der Waals surface area (Å²) < 4.78 is 0. The predicted octanol–water partition coefficient (Wildman–Crippen LogP) is 3.01. The van der Waals surface area contributed by atoms with Crippen LogP contribution in [0.25, 0.3) is 0 Å². The Labute approximate surface area is 109 Å². The summed E-state index contributed by atoms with van der Waals surface area (Å²) in [7, 11) is 0. The molecule has 18 heavy (non-hydrogen) atoms. The zero-order chi connectivity index (χ0) is 12.9. The molecule has 1 saturated heterocycles. The number of aromatic nitrogens is 1. The highest BCUT2D eigenvalue weighted by atomic mass is 16.2. The second-order valence-electron chi connectivity index (χ2n) is 6.68. The van der Waals surface area contributed by atoms with Crippen LogP contribution in [0.4, 0.5) is 0 Å². The molecule has 3 heteroatoms. The summed E-state index contributed by atoms with van der Waals surface area (Å²) >= 11 is 0. The highest BCUT2D eigenvalue weighted by molar-refractivity contribution is 5.92. The topological polar surface area (TPSA) is 36.1 Å². The van der Waals surface area contributed by atoms with E-state index in [4.69, 9.17) is 0 Å². The van der Waals surface area contributed by atoms with Crippen LogP contribution in [0.15, 0.2) is 12.1 Å². The lowest BCUT2D eigenvalue weighted by molar-refractivity contribution is 0.0772. The Hall–Kier alpha value is -1.25. The standard InChI is InChI=1S/C15H22N2O/c1-10-8-17(9-15(10,2)3)14(18)13-7-6-12(16-13)11-4-5-11/h6-7,10-11,16H,4-5,8-9H2,1-3H3. The Kier molecular flexibility index (Phi) is 2.54. The average molecular weight is 246 g/mol. The molecule has 1 saturated carbocycles. The van der Waals surface area contributed by atoms with E-state index in [2.05, 4.69) is 31.8 Å². The van der Waals surface area contributed by atoms with Crippen molar-refractivity contribution < 1.29 is 4.79 Å². The van der Waals surface area contributed by atoms with Gasteiger partial charge in [0.15, 0.2) is 0 Å². The van der Waals surface area contributed by atoms with Crippen LogP contribution >= 0.6 is 0 Å². The summed E-state index contributed by atoms with van der Waals surface area (Å²) in [6.07, 6.45) is 2.53. The van der Waals surface area contributed by atoms with E-state index in [1.54, 1.807) is 0 Å². The van der Waals surface area contributed by atoms with Crippen LogP contribution in [-0.4, -0.2) is 28.9 Å². The number of hydrogen-bond donors (Lipinski definition) is 1. The SMILES string of the molecule is CC1CN(C(=O)c2ccc(C3CC3)[nH]2)CC1(C)C. The molecule has 3 rings (SSSR count). The van der Waals surface area contributed by atoms with Gasteiger partial charge in [-0.3, -0.25) is 4.79 Å². The Bertz CT molecular complexity index is 471. The summed E-state index contributed by atoms with van der Waals surface area (Å²) in [5.41, 5.74) is 2.24. The van der Waals surface area contributed by atoms with Crippen LogP contribution in [-0.2, 0) is 0 Å². The van der Waals surface area contributed by atoms with E-state index in [1.165, 1.54) is 18.5 Å². The maximum absolute atomic E-state index is 12.4. The zero-order valence-electron chi connectivity index (χ0n) is 11.5. The summed E-state index contributed by atoms with van der Waals surface area (Å²) in [5.74, 6) is 1.42. The van der Waals surface area contributed by atoms with Crippen molar-refractivity contribution in [2.45, 2.75) is 39.5 Å². The minimum Gasteiger partial charge on any atom is -0.354 e. The smallest absolute Gasteiger partial charge is 0.270 e. The predicted molar refractivity (Wildman–Crippen MR) is 71.6 cm³/mol. The first kappa shape index (κ1) is 11.8. The molecule has 1 unspecified atom stereocenters. The number of carbonyl (C=O) groups excluding carboxylic acids is 1. The number of hydrogen-bond acceptors (Lipinski definition) is 1. The van der Waals surface area contributed by atoms with Gasteiger partial charge in [0.1, 0.15) is 5.69 Å². The van der Waals surface area contributed by atoms with Crippen LogP contribution in [0.5, 0.6) is 0 Å². The second kappa shape index (κ2) is 3.87. The van der Waals surface area contributed by atoms with Gasteiger partial charge in [0.05, 0.1) is 0 Å². The maximum Gasteiger partial charge on any atom is 0.270 e. The van der Waals surface area contributed by atoms with Gasteiger partial charge in [0, 0.05) is 18.8 Å². The van der Waals surface area contributed by atoms with Gasteiger partial charge >= 0.3 is 0 Å². The molecule has 0 aromatic carbocycles. The molecule has 3 nitrogen and oxygen atoms in total. The third-order valence-electron chi connectivity index (χ3n) is 4.67. The van der Waals surface area contributed by atoms with Gasteiger partial charge in [-0.1, -0.05) is 20.8 Å². The first-order valence-corrected chi connectivity index (χ1v) is 6.95. The van der Waals surface area contributed by atoms with Crippen molar-refractivity contribution in [1.82, 2.24) is 9.88 Å². The van der Waals surface area contributed by atoms with Gasteiger partial charge in [-0.2, -0.15) is 0 Å². The van der Waals surface area contributed by atoms with Gasteiger partial charge in [-0.05, 0) is 42.2 Å². The molecule has 1 aliphatic carbocycles. The van der Waals surface area contributed by atoms with Crippen molar-refractivity contribution in [2.75, 3.05) is 13.1 Å². The zero-order valence-corrected chi connectivity index (χ0v) is 11.5. The third-order valence-corrected chi connectivity index (χ3v) is 4.67. The molecule has 1 aromatic rings. The minimum atomic E-state index is 0.166. The third kappa shape index (κ3) is 1.96. The van der Waals surface area contributed by atoms with Crippen molar-refractivity contribution in [3.8, 4) is 0 Å². The average Bonchev–Trinajstić information content (AvgIpc) is 2.98. The number of nitrogens with one attached hydrogen (secondary N) is 1. The first-order valence-electron chi connectivity index (χ1n) is 6.95. The van der Waals surface area contributed by atoms with Gasteiger partial charge in [-0.25, -0.2) is 0 Å². The highest BCUT2D eigenvalue weighted by Gasteiger charge is 2.39. The molecule has 1 amide bonds. The van der Waals surface area contributed by atoms with Crippen molar-refractivity contribution in [2.24, 2.45) is 11.3 Å². The maximum atomic E-state index is 12.4. The summed E-state index contributed by atoms with van der Waals surface area (Å²) in [5, 5.41) is 0. The second-order valence-corrected chi connectivity index (χ2v) is 6.68. The number of carbonyl (C=O) groups is 1. The molecule has 0 radical (unpaired) electrons. The van der Waals surface area contributed by atoms with E-state index in [0.717, 1.165) is 18.8 Å². The van der Waals surface area contributed by atoms with E-state index in [-0.39, 0.29) is 11.3 Å². The van der Waals surface area contributed by atoms with Crippen LogP contribution in [0.1, 0.15) is 55.7 Å². The minimum absolute atomic E-state index is 0.166. The number of nitrogens with zero attached hydrogens (tertiary/aromatic N) is 1. The van der Waals surface area contributed by atoms with Gasteiger partial charge in [-0.15, -0.1) is 0 Å². The molecule has 2 fully saturated rings. The highest BCUT2D eigenvalue weighted by Crippen LogP contribution is 2.40. The lowest BCUT2D eigenvalue weighted by atomic mass is 9.84. The van der Waals surface area contributed by atoms with E-state index < -0.39 is 0 Å². The monoisotopic (exact) mass is 246 g/mol. The van der Waals surface area contributed by atoms with E-state index in [0.29, 0.717) is 11.8 Å². The Morgan fingerprint density at radius 3 is 2.67 bits per heavy atom. The van der Waals surface area contributed by atoms with Crippen molar-refractivity contribution in [3.05, 3.63) is 23.5 Å². The normalized spacial score (nSPS) is 26.6. The Balaban J connectivity index is 1.74. The molecule has 1 atom stereocenters. The molecule has 1 aromatic heterocycles. The molecule has 1 aliphatic heterocycles. The summed E-state index contributed by atoms with van der Waals surface area (Å²) in [6.45, 7) is 8.47. The molecule has 2 aliphatic rings. The Morgan fingerprint density at radius 1 is 1.39 bits per heavy atom. The Morgan fingerprint density at radius 2 is 2.11 bits per heavy atom. The number of aromatic amines is 1. The van der Waals surface area contributed by atoms with Crippen LogP contribution in [0.3, 0.4) is 0 Å². The molecule has 2 heterocycles. The van der Waals surface area contributed by atoms with E-state index >= 15 is 0 Å². The molecule has 0 spiro atoms. The van der Waals surface area contributed by atoms with Gasteiger partial charge < -0.3 is 9.88 Å². The van der Waals surface area contributed by atoms with Gasteiger partial charge in [0.2, 0.25) is 0 Å². The fraction of sp³-hybridized carbons (Fsp3) is 0.667. The van der Waals surface area contributed by atoms with Crippen LogP contribution in [0, 0.1) is 11.3 Å². The number of amides is 1. The molecule has 0 bridgehead atoms. The molecule has 98 valence electrons. The molecular weight excluding hydrogens is 224 g/mol. The van der Waals surface area contributed by atoms with E-state index in [9.17, 15) is 4.79 Å². The van der Waals surface area contributed by atoms with Gasteiger partial charge in [0.25, 0.3) is 5.91 Å². The van der Waals surface area contributed by atoms with Crippen molar-refractivity contribution in [1.29, 1.82) is 0 Å². The lowest BCUT2D eigenvalue weighted by Crippen LogP contribution is -2.30. The van der Waals surface area contributed by atoms with Crippen molar-refractivity contribution >= 4 is 5.91 Å². The van der Waals surface area contributed by atoms with Crippen LogP contribution in [0.2, 0.25) is 0 Å². The van der Waals surface area contributed by atoms with E-state index in [1.807, 2.05) is 11.0 Å². The molecule has 1 N–H and O–H groups in total. The number of likely N-dealkylation sites (tertiary alicyclic amines) is 1. The molecular formula is C15H22N2O. The largest absolute Gasteiger partial charge is 0.354 e. The fourth-order valence-corrected chi connectivity index (χ4v) is 2.78. The number of rotatable bonds is 2. The quantitative estimate of drug-likeness (QED) is 0.855. The summed E-state index contributed by atoms with van der Waals surface area (Å²) in [4.78, 5) is 17.7. The van der Waals surface area contributed by atoms with Crippen molar-refractivity contribution in [3.63, 3.8) is 0 Å². The van der Waals surface area contributed by atoms with Crippen LogP contribution < -0.4 is 0 Å². The first-order chi connectivity index (χ1) is 8.47. The fourth-order valence-electron chi connectivity index (χ4n) is 2.78. The lowest BCUT2D eigenvalue weighted by Gasteiger charge is -2.21. The number of H-pyrrole nitrogens is 1.